The number of carbonyl (C=O) groups excluding carboxylic acids is 3. The molecule has 0 aliphatic rings. The number of nitrogens with one attached hydrogen (secondary N) is 2. The van der Waals surface area contributed by atoms with Gasteiger partial charge in [-0.1, -0.05) is 0 Å². The van der Waals surface area contributed by atoms with Crippen molar-refractivity contribution >= 4 is 17.6 Å². The predicted molar refractivity (Wildman–Crippen MR) is 91.3 cm³/mol. The minimum atomic E-state index is -1.10. The Balaban J connectivity index is 1.83. The quantitative estimate of drug-likeness (QED) is 0.514. The number of ketones is 1. The molecule has 2 amide bonds. The highest BCUT2D eigenvalue weighted by atomic mass is 16.2. The maximum atomic E-state index is 12.7. The largest absolute Gasteiger partial charge is 0.367 e. The number of hydrogen-bond acceptors (Lipinski definition) is 5. The third kappa shape index (κ3) is 3.66. The van der Waals surface area contributed by atoms with Crippen molar-refractivity contribution in [2.45, 2.75) is 12.5 Å². The Hall–Kier alpha value is -3.75. The first-order valence-corrected chi connectivity index (χ1v) is 7.77. The molecular weight excluding hydrogens is 336 g/mol. The third-order valence-corrected chi connectivity index (χ3v) is 3.75. The van der Waals surface area contributed by atoms with E-state index in [0.717, 1.165) is 5.56 Å². The molecule has 9 heteroatoms. The van der Waals surface area contributed by atoms with E-state index in [1.807, 2.05) is 0 Å². The van der Waals surface area contributed by atoms with Crippen molar-refractivity contribution in [2.75, 3.05) is 0 Å². The van der Waals surface area contributed by atoms with Gasteiger partial charge in [-0.25, -0.2) is 4.68 Å². The van der Waals surface area contributed by atoms with Crippen molar-refractivity contribution in [3.8, 4) is 5.69 Å². The Bertz CT molecular complexity index is 917. The molecule has 1 atom stereocenters. The van der Waals surface area contributed by atoms with Gasteiger partial charge >= 0.3 is 0 Å². The summed E-state index contributed by atoms with van der Waals surface area (Å²) in [6.07, 6.45) is 8.11. The molecule has 4 N–H and O–H groups in total. The van der Waals surface area contributed by atoms with Crippen LogP contribution in [0.15, 0.2) is 55.2 Å². The summed E-state index contributed by atoms with van der Waals surface area (Å²) in [5.41, 5.74) is 6.72. The van der Waals surface area contributed by atoms with Crippen LogP contribution in [0, 0.1) is 0 Å². The molecule has 3 aromatic heterocycles. The molecule has 0 aliphatic carbocycles. The summed E-state index contributed by atoms with van der Waals surface area (Å²) in [4.78, 5) is 42.9. The smallest absolute Gasteiger partial charge is 0.287 e. The molecular formula is C17H16N6O3. The van der Waals surface area contributed by atoms with Crippen LogP contribution in [-0.4, -0.2) is 43.4 Å². The highest BCUT2D eigenvalue weighted by Gasteiger charge is 2.27. The standard InChI is InChI=1S/C17H16N6O3/c18-16(25)15(24)13(9-11-1-5-20-10-11)22-17(26)14-4-8-21-23(14)12-2-6-19-7-3-12/h1-8,10,13,20H,9H2,(H2,18,25)(H,22,26). The first-order chi connectivity index (χ1) is 12.6. The van der Waals surface area contributed by atoms with Gasteiger partial charge < -0.3 is 16.0 Å². The fourth-order valence-corrected chi connectivity index (χ4v) is 2.50. The zero-order chi connectivity index (χ0) is 18.5. The van der Waals surface area contributed by atoms with Gasteiger partial charge in [0.15, 0.2) is 0 Å². The molecule has 3 aromatic rings. The van der Waals surface area contributed by atoms with E-state index in [1.54, 1.807) is 43.0 Å². The van der Waals surface area contributed by atoms with Gasteiger partial charge in [0.25, 0.3) is 11.8 Å². The monoisotopic (exact) mass is 352 g/mol. The SMILES string of the molecule is NC(=O)C(=O)C(Cc1cc[nH]c1)NC(=O)c1ccnn1-c1ccncc1. The lowest BCUT2D eigenvalue weighted by Gasteiger charge is -2.16. The van der Waals surface area contributed by atoms with E-state index in [0.29, 0.717) is 5.69 Å². The van der Waals surface area contributed by atoms with Crippen LogP contribution in [0.2, 0.25) is 0 Å². The summed E-state index contributed by atoms with van der Waals surface area (Å²) in [6.45, 7) is 0. The van der Waals surface area contributed by atoms with E-state index in [1.165, 1.54) is 16.9 Å². The Kier molecular flexibility index (Phi) is 4.88. The van der Waals surface area contributed by atoms with Crippen LogP contribution in [0.3, 0.4) is 0 Å². The summed E-state index contributed by atoms with van der Waals surface area (Å²) in [7, 11) is 0. The van der Waals surface area contributed by atoms with Gasteiger partial charge in [-0.2, -0.15) is 5.10 Å². The van der Waals surface area contributed by atoms with Crippen molar-refractivity contribution in [3.05, 3.63) is 66.5 Å². The number of amides is 2. The highest BCUT2D eigenvalue weighted by Crippen LogP contribution is 2.10. The number of aromatic nitrogens is 4. The van der Waals surface area contributed by atoms with Crippen molar-refractivity contribution in [3.63, 3.8) is 0 Å². The molecule has 0 aliphatic heterocycles. The number of H-pyrrole nitrogens is 1. The van der Waals surface area contributed by atoms with E-state index in [2.05, 4.69) is 20.4 Å². The maximum absolute atomic E-state index is 12.7. The number of Topliss-reactive ketones (excluding diaryl/α,β-unsaturated/α-hetero) is 1. The molecule has 132 valence electrons. The Morgan fingerprint density at radius 1 is 1.15 bits per heavy atom. The van der Waals surface area contributed by atoms with Crippen LogP contribution < -0.4 is 11.1 Å². The van der Waals surface area contributed by atoms with E-state index in [-0.39, 0.29) is 12.1 Å². The average Bonchev–Trinajstić information content (AvgIpc) is 3.32. The van der Waals surface area contributed by atoms with Gasteiger partial charge in [0.05, 0.1) is 11.9 Å². The molecule has 0 bridgehead atoms. The van der Waals surface area contributed by atoms with Gasteiger partial charge in [-0.05, 0) is 29.8 Å². The second-order valence-electron chi connectivity index (χ2n) is 5.51. The lowest BCUT2D eigenvalue weighted by Crippen LogP contribution is -2.47. The molecule has 3 heterocycles. The molecule has 0 fully saturated rings. The molecule has 0 saturated heterocycles. The minimum absolute atomic E-state index is 0.139. The van der Waals surface area contributed by atoms with Gasteiger partial charge in [0.1, 0.15) is 11.7 Å². The summed E-state index contributed by atoms with van der Waals surface area (Å²) in [5, 5.41) is 6.69. The van der Waals surface area contributed by atoms with E-state index >= 15 is 0 Å². The fourth-order valence-electron chi connectivity index (χ4n) is 2.50. The Morgan fingerprint density at radius 3 is 2.58 bits per heavy atom. The molecule has 9 nitrogen and oxygen atoms in total. The first-order valence-electron chi connectivity index (χ1n) is 7.77. The third-order valence-electron chi connectivity index (χ3n) is 3.75. The van der Waals surface area contributed by atoms with E-state index in [4.69, 9.17) is 5.73 Å². The number of aromatic amines is 1. The fraction of sp³-hybridized carbons (Fsp3) is 0.118. The lowest BCUT2D eigenvalue weighted by molar-refractivity contribution is -0.137. The highest BCUT2D eigenvalue weighted by molar-refractivity contribution is 6.38. The summed E-state index contributed by atoms with van der Waals surface area (Å²) in [6, 6.07) is 5.56. The number of hydrogen-bond donors (Lipinski definition) is 3. The molecule has 0 saturated carbocycles. The molecule has 0 spiro atoms. The summed E-state index contributed by atoms with van der Waals surface area (Å²) in [5.74, 6) is -2.52. The van der Waals surface area contributed by atoms with Crippen LogP contribution in [-0.2, 0) is 16.0 Å². The van der Waals surface area contributed by atoms with E-state index in [9.17, 15) is 14.4 Å². The number of rotatable bonds is 7. The molecule has 0 aromatic carbocycles. The summed E-state index contributed by atoms with van der Waals surface area (Å²) >= 11 is 0. The van der Waals surface area contributed by atoms with Gasteiger partial charge in [-0.15, -0.1) is 0 Å². The zero-order valence-corrected chi connectivity index (χ0v) is 13.6. The molecule has 0 radical (unpaired) electrons. The first kappa shape index (κ1) is 17.1. The van der Waals surface area contributed by atoms with Crippen molar-refractivity contribution in [1.82, 2.24) is 25.1 Å². The number of carbonyl (C=O) groups is 3. The number of pyridine rings is 1. The van der Waals surface area contributed by atoms with Crippen molar-refractivity contribution in [1.29, 1.82) is 0 Å². The number of primary amides is 1. The van der Waals surface area contributed by atoms with Gasteiger partial charge in [0.2, 0.25) is 5.78 Å². The van der Waals surface area contributed by atoms with Crippen LogP contribution in [0.4, 0.5) is 0 Å². The van der Waals surface area contributed by atoms with Crippen LogP contribution >= 0.6 is 0 Å². The Morgan fingerprint density at radius 2 is 1.92 bits per heavy atom. The normalized spacial score (nSPS) is 11.7. The van der Waals surface area contributed by atoms with Gasteiger partial charge in [-0.3, -0.25) is 19.4 Å². The maximum Gasteiger partial charge on any atom is 0.287 e. The van der Waals surface area contributed by atoms with Crippen molar-refractivity contribution in [2.24, 2.45) is 5.73 Å². The second kappa shape index (κ2) is 7.43. The topological polar surface area (TPSA) is 136 Å². The summed E-state index contributed by atoms with van der Waals surface area (Å²) < 4.78 is 1.42. The lowest BCUT2D eigenvalue weighted by atomic mass is 10.0. The predicted octanol–water partition coefficient (Wildman–Crippen LogP) is -0.00910. The molecule has 26 heavy (non-hydrogen) atoms. The Labute approximate surface area is 148 Å². The molecule has 1 unspecified atom stereocenters. The van der Waals surface area contributed by atoms with Crippen molar-refractivity contribution < 1.29 is 14.4 Å². The zero-order valence-electron chi connectivity index (χ0n) is 13.6. The van der Waals surface area contributed by atoms with Crippen LogP contribution in [0.25, 0.3) is 5.69 Å². The average molecular weight is 352 g/mol. The minimum Gasteiger partial charge on any atom is -0.367 e. The van der Waals surface area contributed by atoms with Crippen LogP contribution in [0.1, 0.15) is 16.1 Å². The number of nitrogens with two attached hydrogens (primary N) is 1. The number of nitrogens with zero attached hydrogens (tertiary/aromatic N) is 3. The second-order valence-corrected chi connectivity index (χ2v) is 5.51. The van der Waals surface area contributed by atoms with Crippen LogP contribution in [0.5, 0.6) is 0 Å². The van der Waals surface area contributed by atoms with E-state index < -0.39 is 23.6 Å². The van der Waals surface area contributed by atoms with Gasteiger partial charge in [0, 0.05) is 31.2 Å². The molecule has 3 rings (SSSR count).